The molecule has 2 heterocycles. The number of aromatic nitrogens is 2. The average Bonchev–Trinajstić information content (AvgIpc) is 3.19. The van der Waals surface area contributed by atoms with Crippen molar-refractivity contribution in [3.63, 3.8) is 0 Å². The van der Waals surface area contributed by atoms with Gasteiger partial charge in [0.2, 0.25) is 11.9 Å². The van der Waals surface area contributed by atoms with Crippen molar-refractivity contribution < 1.29 is 23.8 Å². The maximum atomic E-state index is 13.7. The van der Waals surface area contributed by atoms with Crippen LogP contribution in [0.3, 0.4) is 0 Å². The van der Waals surface area contributed by atoms with Gasteiger partial charge >= 0.3 is 5.97 Å². The largest absolute Gasteiger partial charge is 0.496 e. The molecule has 1 aliphatic rings. The maximum Gasteiger partial charge on any atom is 0.321 e. The number of hydrogen-bond donors (Lipinski definition) is 0. The van der Waals surface area contributed by atoms with Gasteiger partial charge in [0.25, 0.3) is 0 Å². The fourth-order valence-corrected chi connectivity index (χ4v) is 4.32. The second-order valence-corrected chi connectivity index (χ2v) is 7.52. The molecule has 0 radical (unpaired) electrons. The number of carbonyl (C=O) groups is 2. The van der Waals surface area contributed by atoms with Gasteiger partial charge in [0.05, 0.1) is 30.8 Å². The number of carbonyl (C=O) groups excluding carboxylic acids is 2. The molecule has 2 aromatic carbocycles. The summed E-state index contributed by atoms with van der Waals surface area (Å²) in [5.41, 5.74) is 2.30. The minimum atomic E-state index is -1.07. The summed E-state index contributed by atoms with van der Waals surface area (Å²) >= 11 is 0. The molecule has 0 unspecified atom stereocenters. The zero-order chi connectivity index (χ0) is 22.7. The molecule has 4 rings (SSSR count). The number of methoxy groups -OCH3 is 2. The highest BCUT2D eigenvalue weighted by molar-refractivity contribution is 6.08. The summed E-state index contributed by atoms with van der Waals surface area (Å²) in [5.74, 6) is -0.870. The number of rotatable bonds is 8. The van der Waals surface area contributed by atoms with Gasteiger partial charge in [-0.2, -0.15) is 0 Å². The van der Waals surface area contributed by atoms with Crippen LogP contribution in [0.15, 0.2) is 48.5 Å². The molecule has 0 saturated heterocycles. The first-order valence-corrected chi connectivity index (χ1v) is 10.7. The van der Waals surface area contributed by atoms with Gasteiger partial charge in [0.15, 0.2) is 5.92 Å². The standard InChI is InChI=1S/C24H27N3O5/c1-4-32-23(29)20-21(16-10-5-8-13-19(16)31-3)27-18-12-7-6-11-17(18)25-24(27)26(22(20)28)14-9-15-30-2/h5-8,10-13,20-21H,4,9,14-15H2,1-3H3/t20-,21+/m1/s1. The zero-order valence-electron chi connectivity index (χ0n) is 18.5. The van der Waals surface area contributed by atoms with Crippen LogP contribution in [0.2, 0.25) is 0 Å². The number of para-hydroxylation sites is 3. The Balaban J connectivity index is 1.97. The van der Waals surface area contributed by atoms with Gasteiger partial charge in [-0.3, -0.25) is 14.5 Å². The van der Waals surface area contributed by atoms with Crippen LogP contribution in [0.1, 0.15) is 24.9 Å². The van der Waals surface area contributed by atoms with Crippen LogP contribution in [-0.4, -0.2) is 55.4 Å². The Morgan fingerprint density at radius 1 is 1.09 bits per heavy atom. The van der Waals surface area contributed by atoms with Crippen molar-refractivity contribution in [2.45, 2.75) is 19.4 Å². The highest BCUT2D eigenvalue weighted by atomic mass is 16.5. The fourth-order valence-electron chi connectivity index (χ4n) is 4.32. The molecule has 0 bridgehead atoms. The van der Waals surface area contributed by atoms with E-state index in [4.69, 9.17) is 19.2 Å². The van der Waals surface area contributed by atoms with Crippen LogP contribution in [-0.2, 0) is 19.1 Å². The molecule has 0 aliphatic carbocycles. The van der Waals surface area contributed by atoms with E-state index in [1.165, 1.54) is 0 Å². The molecule has 32 heavy (non-hydrogen) atoms. The molecule has 8 nitrogen and oxygen atoms in total. The van der Waals surface area contributed by atoms with Crippen molar-refractivity contribution in [2.75, 3.05) is 38.9 Å². The molecule has 0 N–H and O–H groups in total. The van der Waals surface area contributed by atoms with Gasteiger partial charge in [-0.25, -0.2) is 4.98 Å². The van der Waals surface area contributed by atoms with Crippen LogP contribution in [0, 0.1) is 5.92 Å². The van der Waals surface area contributed by atoms with E-state index in [-0.39, 0.29) is 12.5 Å². The van der Waals surface area contributed by atoms with E-state index >= 15 is 0 Å². The summed E-state index contributed by atoms with van der Waals surface area (Å²) < 4.78 is 18.1. The summed E-state index contributed by atoms with van der Waals surface area (Å²) in [6, 6.07) is 14.4. The minimum absolute atomic E-state index is 0.183. The summed E-state index contributed by atoms with van der Waals surface area (Å²) in [7, 11) is 3.19. The Bertz CT molecular complexity index is 1130. The summed E-state index contributed by atoms with van der Waals surface area (Å²) in [6.07, 6.45) is 0.611. The van der Waals surface area contributed by atoms with Gasteiger partial charge in [-0.1, -0.05) is 30.3 Å². The number of esters is 1. The summed E-state index contributed by atoms with van der Waals surface area (Å²) in [6.45, 7) is 2.79. The third kappa shape index (κ3) is 3.71. The number of amides is 1. The fraction of sp³-hybridized carbons (Fsp3) is 0.375. The van der Waals surface area contributed by atoms with Crippen LogP contribution in [0.5, 0.6) is 5.75 Å². The number of hydrogen-bond acceptors (Lipinski definition) is 6. The van der Waals surface area contributed by atoms with Crippen molar-refractivity contribution >= 4 is 28.9 Å². The average molecular weight is 437 g/mol. The second kappa shape index (κ2) is 9.40. The predicted molar refractivity (Wildman–Crippen MR) is 120 cm³/mol. The van der Waals surface area contributed by atoms with E-state index in [1.54, 1.807) is 26.0 Å². The van der Waals surface area contributed by atoms with E-state index in [0.29, 0.717) is 31.3 Å². The first kappa shape index (κ1) is 21.8. The van der Waals surface area contributed by atoms with Crippen molar-refractivity contribution in [3.8, 4) is 5.75 Å². The van der Waals surface area contributed by atoms with Crippen molar-refractivity contribution in [3.05, 3.63) is 54.1 Å². The Kier molecular flexibility index (Phi) is 6.41. The van der Waals surface area contributed by atoms with Crippen molar-refractivity contribution in [1.29, 1.82) is 0 Å². The number of anilines is 1. The molecule has 2 atom stereocenters. The molecule has 168 valence electrons. The quantitative estimate of drug-likeness (QED) is 0.306. The lowest BCUT2D eigenvalue weighted by molar-refractivity contribution is -0.153. The van der Waals surface area contributed by atoms with E-state index in [9.17, 15) is 9.59 Å². The topological polar surface area (TPSA) is 82.9 Å². The molecule has 3 aromatic rings. The van der Waals surface area contributed by atoms with Crippen molar-refractivity contribution in [2.24, 2.45) is 5.92 Å². The van der Waals surface area contributed by atoms with Crippen LogP contribution >= 0.6 is 0 Å². The van der Waals surface area contributed by atoms with Crippen LogP contribution in [0.25, 0.3) is 11.0 Å². The monoisotopic (exact) mass is 437 g/mol. The normalized spacial score (nSPS) is 18.0. The molecule has 0 fully saturated rings. The highest BCUT2D eigenvalue weighted by Crippen LogP contribution is 2.43. The molecule has 0 saturated carbocycles. The zero-order valence-corrected chi connectivity index (χ0v) is 18.5. The molecule has 0 spiro atoms. The molecular weight excluding hydrogens is 410 g/mol. The third-order valence-electron chi connectivity index (χ3n) is 5.67. The number of imidazole rings is 1. The SMILES string of the molecule is CCOC(=O)[C@H]1C(=O)N(CCCOC)c2nc3ccccc3n2[C@H]1c1ccccc1OC. The molecule has 8 heteroatoms. The van der Waals surface area contributed by atoms with E-state index in [2.05, 4.69) is 0 Å². The molecule has 1 amide bonds. The third-order valence-corrected chi connectivity index (χ3v) is 5.67. The summed E-state index contributed by atoms with van der Waals surface area (Å²) in [5, 5.41) is 0. The Morgan fingerprint density at radius 3 is 2.59 bits per heavy atom. The second-order valence-electron chi connectivity index (χ2n) is 7.52. The molecule has 1 aromatic heterocycles. The van der Waals surface area contributed by atoms with E-state index < -0.39 is 17.9 Å². The Labute approximate surface area is 186 Å². The van der Waals surface area contributed by atoms with Crippen LogP contribution < -0.4 is 9.64 Å². The van der Waals surface area contributed by atoms with Gasteiger partial charge < -0.3 is 18.8 Å². The molecular formula is C24H27N3O5. The van der Waals surface area contributed by atoms with Gasteiger partial charge in [0, 0.05) is 25.8 Å². The minimum Gasteiger partial charge on any atom is -0.496 e. The number of fused-ring (bicyclic) bond motifs is 3. The lowest BCUT2D eigenvalue weighted by Crippen LogP contribution is -2.50. The van der Waals surface area contributed by atoms with Gasteiger partial charge in [-0.05, 0) is 31.5 Å². The van der Waals surface area contributed by atoms with E-state index in [1.807, 2.05) is 53.1 Å². The van der Waals surface area contributed by atoms with Gasteiger partial charge in [-0.15, -0.1) is 0 Å². The van der Waals surface area contributed by atoms with Gasteiger partial charge in [0.1, 0.15) is 5.75 Å². The first-order valence-electron chi connectivity index (χ1n) is 10.7. The predicted octanol–water partition coefficient (Wildman–Crippen LogP) is 3.20. The number of nitrogens with zero attached hydrogens (tertiary/aromatic N) is 3. The van der Waals surface area contributed by atoms with E-state index in [0.717, 1.165) is 16.6 Å². The summed E-state index contributed by atoms with van der Waals surface area (Å²) in [4.78, 5) is 33.3. The van der Waals surface area contributed by atoms with Crippen LogP contribution in [0.4, 0.5) is 5.95 Å². The lowest BCUT2D eigenvalue weighted by atomic mass is 9.88. The lowest BCUT2D eigenvalue weighted by Gasteiger charge is -2.38. The number of ether oxygens (including phenoxy) is 3. The Morgan fingerprint density at radius 2 is 1.84 bits per heavy atom. The first-order chi connectivity index (χ1) is 15.6. The smallest absolute Gasteiger partial charge is 0.321 e. The van der Waals surface area contributed by atoms with Crippen molar-refractivity contribution in [1.82, 2.24) is 9.55 Å². The highest BCUT2D eigenvalue weighted by Gasteiger charge is 2.48. The maximum absolute atomic E-state index is 13.7. The number of benzene rings is 2. The molecule has 1 aliphatic heterocycles. The Hall–Kier alpha value is -3.39.